The van der Waals surface area contributed by atoms with E-state index >= 15 is 0 Å². The van der Waals surface area contributed by atoms with E-state index in [4.69, 9.17) is 0 Å². The highest BCUT2D eigenvalue weighted by molar-refractivity contribution is 6.39. The Bertz CT molecular complexity index is 694. The fourth-order valence-corrected chi connectivity index (χ4v) is 2.09. The zero-order valence-corrected chi connectivity index (χ0v) is 13.7. The molecule has 0 spiro atoms. The summed E-state index contributed by atoms with van der Waals surface area (Å²) in [5.74, 6) is -1.17. The number of anilines is 2. The lowest BCUT2D eigenvalue weighted by Crippen LogP contribution is -2.36. The van der Waals surface area contributed by atoms with E-state index in [0.29, 0.717) is 18.7 Å². The number of nitrogens with one attached hydrogen (secondary N) is 2. The van der Waals surface area contributed by atoms with E-state index in [-0.39, 0.29) is 5.75 Å². The second-order valence-corrected chi connectivity index (χ2v) is 5.57. The normalized spacial score (nSPS) is 10.1. The smallest absolute Gasteiger partial charge is 0.313 e. The molecule has 2 rings (SSSR count). The lowest BCUT2D eigenvalue weighted by molar-refractivity contribution is -0.136. The van der Waals surface area contributed by atoms with E-state index < -0.39 is 11.8 Å². The number of aromatic hydroxyl groups is 1. The van der Waals surface area contributed by atoms with E-state index in [1.807, 2.05) is 31.1 Å². The average Bonchev–Trinajstić information content (AvgIpc) is 2.57. The van der Waals surface area contributed by atoms with Crippen LogP contribution in [0.5, 0.6) is 5.75 Å². The topological polar surface area (TPSA) is 81.7 Å². The molecule has 0 heterocycles. The minimum Gasteiger partial charge on any atom is -0.508 e. The Balaban J connectivity index is 1.79. The molecule has 2 aromatic carbocycles. The number of hydrogen-bond acceptors (Lipinski definition) is 4. The van der Waals surface area contributed by atoms with Crippen LogP contribution in [0.4, 0.5) is 11.4 Å². The van der Waals surface area contributed by atoms with Crippen molar-refractivity contribution in [3.63, 3.8) is 0 Å². The molecule has 3 N–H and O–H groups in total. The Morgan fingerprint density at radius 1 is 0.958 bits per heavy atom. The van der Waals surface area contributed by atoms with Crippen LogP contribution in [-0.2, 0) is 16.0 Å². The second-order valence-electron chi connectivity index (χ2n) is 5.57. The largest absolute Gasteiger partial charge is 0.508 e. The third-order valence-corrected chi connectivity index (χ3v) is 3.48. The third kappa shape index (κ3) is 5.01. The van der Waals surface area contributed by atoms with Crippen LogP contribution in [0, 0.1) is 0 Å². The molecule has 0 saturated heterocycles. The molecule has 0 aliphatic rings. The summed E-state index contributed by atoms with van der Waals surface area (Å²) in [7, 11) is 3.85. The molecule has 0 atom stereocenters. The van der Waals surface area contributed by atoms with Crippen molar-refractivity contribution in [2.45, 2.75) is 6.42 Å². The van der Waals surface area contributed by atoms with Gasteiger partial charge >= 0.3 is 11.8 Å². The van der Waals surface area contributed by atoms with E-state index in [1.165, 1.54) is 0 Å². The van der Waals surface area contributed by atoms with Gasteiger partial charge < -0.3 is 20.6 Å². The highest BCUT2D eigenvalue weighted by Crippen LogP contribution is 2.15. The molecule has 0 bridgehead atoms. The first-order valence-electron chi connectivity index (χ1n) is 7.60. The summed E-state index contributed by atoms with van der Waals surface area (Å²) in [5.41, 5.74) is 2.54. The van der Waals surface area contributed by atoms with Crippen LogP contribution in [0.1, 0.15) is 5.56 Å². The molecule has 24 heavy (non-hydrogen) atoms. The number of benzene rings is 2. The van der Waals surface area contributed by atoms with Crippen molar-refractivity contribution in [1.82, 2.24) is 5.32 Å². The van der Waals surface area contributed by atoms with Gasteiger partial charge in [0, 0.05) is 32.0 Å². The molecule has 0 aromatic heterocycles. The molecule has 0 radical (unpaired) electrons. The SMILES string of the molecule is CN(C)c1ccc(NC(=O)C(=O)NCCc2ccc(O)cc2)cc1. The zero-order valence-electron chi connectivity index (χ0n) is 13.7. The maximum Gasteiger partial charge on any atom is 0.313 e. The van der Waals surface area contributed by atoms with Crippen molar-refractivity contribution in [3.8, 4) is 5.75 Å². The van der Waals surface area contributed by atoms with Gasteiger partial charge in [-0.15, -0.1) is 0 Å². The van der Waals surface area contributed by atoms with Gasteiger partial charge in [-0.05, 0) is 48.4 Å². The third-order valence-electron chi connectivity index (χ3n) is 3.48. The van der Waals surface area contributed by atoms with Gasteiger partial charge in [0.1, 0.15) is 5.75 Å². The van der Waals surface area contributed by atoms with E-state index in [0.717, 1.165) is 11.3 Å². The quantitative estimate of drug-likeness (QED) is 0.731. The van der Waals surface area contributed by atoms with E-state index in [2.05, 4.69) is 10.6 Å². The van der Waals surface area contributed by atoms with Gasteiger partial charge in [0.15, 0.2) is 0 Å². The number of carbonyl (C=O) groups excluding carboxylic acids is 2. The summed E-state index contributed by atoms with van der Waals surface area (Å²) >= 11 is 0. The van der Waals surface area contributed by atoms with Gasteiger partial charge in [-0.25, -0.2) is 0 Å². The summed E-state index contributed by atoms with van der Waals surface area (Å²) in [6.07, 6.45) is 0.580. The van der Waals surface area contributed by atoms with E-state index in [1.54, 1.807) is 36.4 Å². The van der Waals surface area contributed by atoms with Gasteiger partial charge in [0.2, 0.25) is 0 Å². The van der Waals surface area contributed by atoms with Crippen molar-refractivity contribution in [2.75, 3.05) is 30.9 Å². The minimum atomic E-state index is -0.696. The minimum absolute atomic E-state index is 0.197. The van der Waals surface area contributed by atoms with Gasteiger partial charge in [-0.3, -0.25) is 9.59 Å². The molecule has 6 heteroatoms. The lowest BCUT2D eigenvalue weighted by atomic mass is 10.1. The van der Waals surface area contributed by atoms with Crippen LogP contribution >= 0.6 is 0 Å². The maximum absolute atomic E-state index is 11.9. The van der Waals surface area contributed by atoms with Crippen LogP contribution in [0.15, 0.2) is 48.5 Å². The molecule has 2 aromatic rings. The van der Waals surface area contributed by atoms with Crippen LogP contribution < -0.4 is 15.5 Å². The van der Waals surface area contributed by atoms with Gasteiger partial charge in [-0.1, -0.05) is 12.1 Å². The summed E-state index contributed by atoms with van der Waals surface area (Å²) in [6.45, 7) is 0.344. The van der Waals surface area contributed by atoms with Crippen LogP contribution in [0.25, 0.3) is 0 Å². The fraction of sp³-hybridized carbons (Fsp3) is 0.222. The first-order valence-corrected chi connectivity index (χ1v) is 7.60. The molecule has 2 amide bonds. The van der Waals surface area contributed by atoms with Crippen LogP contribution in [-0.4, -0.2) is 37.6 Å². The Kier molecular flexibility index (Phi) is 5.78. The highest BCUT2D eigenvalue weighted by atomic mass is 16.3. The highest BCUT2D eigenvalue weighted by Gasteiger charge is 2.13. The maximum atomic E-state index is 11.9. The summed E-state index contributed by atoms with van der Waals surface area (Å²) in [4.78, 5) is 25.6. The molecule has 126 valence electrons. The van der Waals surface area contributed by atoms with E-state index in [9.17, 15) is 14.7 Å². The first-order chi connectivity index (χ1) is 11.5. The van der Waals surface area contributed by atoms with Crippen molar-refractivity contribution < 1.29 is 14.7 Å². The van der Waals surface area contributed by atoms with Crippen molar-refractivity contribution in [2.24, 2.45) is 0 Å². The summed E-state index contributed by atoms with van der Waals surface area (Å²) < 4.78 is 0. The number of amides is 2. The molecular weight excluding hydrogens is 306 g/mol. The lowest BCUT2D eigenvalue weighted by Gasteiger charge is -2.13. The van der Waals surface area contributed by atoms with Crippen molar-refractivity contribution in [1.29, 1.82) is 0 Å². The summed E-state index contributed by atoms with van der Waals surface area (Å²) in [6, 6.07) is 13.9. The monoisotopic (exact) mass is 327 g/mol. The molecule has 0 saturated carbocycles. The molecule has 0 aliphatic heterocycles. The van der Waals surface area contributed by atoms with Crippen molar-refractivity contribution in [3.05, 3.63) is 54.1 Å². The van der Waals surface area contributed by atoms with Gasteiger partial charge in [-0.2, -0.15) is 0 Å². The average molecular weight is 327 g/mol. The molecule has 0 aliphatic carbocycles. The van der Waals surface area contributed by atoms with Crippen LogP contribution in [0.3, 0.4) is 0 Å². The van der Waals surface area contributed by atoms with Gasteiger partial charge in [0.25, 0.3) is 0 Å². The molecule has 6 nitrogen and oxygen atoms in total. The number of rotatable bonds is 5. The molecule has 0 fully saturated rings. The number of phenols is 1. The predicted molar refractivity (Wildman–Crippen MR) is 94.2 cm³/mol. The Morgan fingerprint density at radius 2 is 1.58 bits per heavy atom. The van der Waals surface area contributed by atoms with Gasteiger partial charge in [0.05, 0.1) is 0 Å². The second kappa shape index (κ2) is 8.01. The standard InChI is InChI=1S/C18H21N3O3/c1-21(2)15-7-5-14(6-8-15)20-18(24)17(23)19-12-11-13-3-9-16(22)10-4-13/h3-10,22H,11-12H2,1-2H3,(H,19,23)(H,20,24). The zero-order chi connectivity index (χ0) is 17.5. The van der Waals surface area contributed by atoms with Crippen molar-refractivity contribution >= 4 is 23.2 Å². The molecular formula is C18H21N3O3. The number of hydrogen-bond donors (Lipinski definition) is 3. The Morgan fingerprint density at radius 3 is 2.17 bits per heavy atom. The number of phenolic OH excluding ortho intramolecular Hbond substituents is 1. The fourth-order valence-electron chi connectivity index (χ4n) is 2.09. The Labute approximate surface area is 141 Å². The number of nitrogens with zero attached hydrogens (tertiary/aromatic N) is 1. The Hall–Kier alpha value is -3.02. The number of carbonyl (C=O) groups is 2. The van der Waals surface area contributed by atoms with Crippen LogP contribution in [0.2, 0.25) is 0 Å². The molecule has 0 unspecified atom stereocenters. The first kappa shape index (κ1) is 17.3. The predicted octanol–water partition coefficient (Wildman–Crippen LogP) is 1.76. The summed E-state index contributed by atoms with van der Waals surface area (Å²) in [5, 5.41) is 14.3.